The highest BCUT2D eigenvalue weighted by molar-refractivity contribution is 5.89. The van der Waals surface area contributed by atoms with E-state index in [0.29, 0.717) is 5.56 Å². The van der Waals surface area contributed by atoms with Crippen LogP contribution in [-0.4, -0.2) is 35.2 Å². The molecule has 8 nitrogen and oxygen atoms in total. The number of aromatic hydroxyl groups is 1. The molecule has 0 aliphatic rings. The van der Waals surface area contributed by atoms with Gasteiger partial charge in [0.15, 0.2) is 0 Å². The van der Waals surface area contributed by atoms with Crippen molar-refractivity contribution in [3.63, 3.8) is 0 Å². The number of alkyl carbamates (subject to hydrolysis) is 1. The molecule has 0 aliphatic heterocycles. The molecule has 0 heterocycles. The SMILES string of the molecule is CC(C)[C@H](NC(=O)[C@H](Cc1ccc(O)cc1)NC(=O)OCc1ccccc1)C(=O)[O-]. The van der Waals surface area contributed by atoms with Gasteiger partial charge in [-0.1, -0.05) is 56.3 Å². The Bertz CT molecular complexity index is 852. The number of carboxylic acid groups (broad SMARTS) is 1. The first-order valence-corrected chi connectivity index (χ1v) is 9.52. The lowest BCUT2D eigenvalue weighted by Crippen LogP contribution is -2.56. The Morgan fingerprint density at radius 3 is 2.17 bits per heavy atom. The summed E-state index contributed by atoms with van der Waals surface area (Å²) in [5, 5.41) is 25.6. The van der Waals surface area contributed by atoms with Crippen LogP contribution in [0.3, 0.4) is 0 Å². The lowest BCUT2D eigenvalue weighted by molar-refractivity contribution is -0.309. The molecule has 2 aromatic carbocycles. The van der Waals surface area contributed by atoms with Crippen LogP contribution in [-0.2, 0) is 27.4 Å². The van der Waals surface area contributed by atoms with Gasteiger partial charge in [-0.05, 0) is 29.2 Å². The highest BCUT2D eigenvalue weighted by atomic mass is 16.5. The highest BCUT2D eigenvalue weighted by Crippen LogP contribution is 2.12. The number of carbonyl (C=O) groups excluding carboxylic acids is 3. The summed E-state index contributed by atoms with van der Waals surface area (Å²) in [5.74, 6) is -2.43. The van der Waals surface area contributed by atoms with Crippen LogP contribution in [0.15, 0.2) is 54.6 Å². The standard InChI is InChI=1S/C22H26N2O6/c1-14(2)19(21(27)28)24-20(26)18(12-15-8-10-17(25)11-9-15)23-22(29)30-13-16-6-4-3-5-7-16/h3-11,14,18-19,25H,12-13H2,1-2H3,(H,23,29)(H,24,26)(H,27,28)/p-1/t18-,19-/m0/s1. The van der Waals surface area contributed by atoms with Crippen molar-refractivity contribution < 1.29 is 29.3 Å². The fourth-order valence-electron chi connectivity index (χ4n) is 2.74. The molecular formula is C22H25N2O6-. The van der Waals surface area contributed by atoms with Gasteiger partial charge < -0.3 is 30.4 Å². The predicted molar refractivity (Wildman–Crippen MR) is 107 cm³/mol. The van der Waals surface area contributed by atoms with E-state index in [1.807, 2.05) is 18.2 Å². The number of phenols is 1. The smallest absolute Gasteiger partial charge is 0.408 e. The van der Waals surface area contributed by atoms with Crippen LogP contribution in [0.2, 0.25) is 0 Å². The van der Waals surface area contributed by atoms with E-state index in [1.165, 1.54) is 12.1 Å². The predicted octanol–water partition coefficient (Wildman–Crippen LogP) is 1.12. The summed E-state index contributed by atoms with van der Waals surface area (Å²) in [6, 6.07) is 12.9. The molecule has 2 amide bonds. The number of ether oxygens (including phenoxy) is 1. The van der Waals surface area contributed by atoms with E-state index < -0.39 is 36.0 Å². The largest absolute Gasteiger partial charge is 0.548 e. The molecule has 0 unspecified atom stereocenters. The van der Waals surface area contributed by atoms with Crippen LogP contribution < -0.4 is 15.7 Å². The van der Waals surface area contributed by atoms with Crippen LogP contribution in [0.5, 0.6) is 5.75 Å². The molecule has 0 saturated carbocycles. The lowest BCUT2D eigenvalue weighted by atomic mass is 10.0. The molecule has 0 fully saturated rings. The number of hydrogen-bond donors (Lipinski definition) is 3. The van der Waals surface area contributed by atoms with Crippen molar-refractivity contribution in [2.24, 2.45) is 5.92 Å². The van der Waals surface area contributed by atoms with Gasteiger partial charge >= 0.3 is 6.09 Å². The average Bonchev–Trinajstić information content (AvgIpc) is 2.71. The molecule has 2 atom stereocenters. The first-order chi connectivity index (χ1) is 14.3. The molecule has 3 N–H and O–H groups in total. The number of aliphatic carboxylic acids is 1. The third-order valence-electron chi connectivity index (χ3n) is 4.42. The average molecular weight is 413 g/mol. The van der Waals surface area contributed by atoms with Gasteiger partial charge in [0, 0.05) is 6.42 Å². The summed E-state index contributed by atoms with van der Waals surface area (Å²) in [7, 11) is 0. The number of hydrogen-bond acceptors (Lipinski definition) is 6. The van der Waals surface area contributed by atoms with Crippen molar-refractivity contribution in [2.45, 2.75) is 39.0 Å². The maximum atomic E-state index is 12.7. The van der Waals surface area contributed by atoms with Gasteiger partial charge in [-0.3, -0.25) is 4.79 Å². The molecule has 0 spiro atoms. The minimum absolute atomic E-state index is 0.0217. The molecule has 0 aliphatic carbocycles. The minimum Gasteiger partial charge on any atom is -0.548 e. The second kappa shape index (κ2) is 10.8. The molecule has 0 aromatic heterocycles. The van der Waals surface area contributed by atoms with E-state index in [9.17, 15) is 24.6 Å². The zero-order valence-electron chi connectivity index (χ0n) is 16.8. The summed E-state index contributed by atoms with van der Waals surface area (Å²) in [6.07, 6.45) is -0.739. The van der Waals surface area contributed by atoms with Crippen LogP contribution in [0, 0.1) is 5.92 Å². The quantitative estimate of drug-likeness (QED) is 0.565. The van der Waals surface area contributed by atoms with Crippen molar-refractivity contribution >= 4 is 18.0 Å². The second-order valence-corrected chi connectivity index (χ2v) is 7.18. The van der Waals surface area contributed by atoms with Gasteiger partial charge in [-0.25, -0.2) is 4.79 Å². The first-order valence-electron chi connectivity index (χ1n) is 9.52. The zero-order chi connectivity index (χ0) is 22.1. The van der Waals surface area contributed by atoms with E-state index in [0.717, 1.165) is 5.56 Å². The van der Waals surface area contributed by atoms with E-state index >= 15 is 0 Å². The third kappa shape index (κ3) is 7.12. The maximum absolute atomic E-state index is 12.7. The van der Waals surface area contributed by atoms with Gasteiger partial charge in [0.25, 0.3) is 0 Å². The number of benzene rings is 2. The van der Waals surface area contributed by atoms with Gasteiger partial charge in [-0.2, -0.15) is 0 Å². The lowest BCUT2D eigenvalue weighted by Gasteiger charge is -2.26. The Hall–Kier alpha value is -3.55. The Morgan fingerprint density at radius 2 is 1.60 bits per heavy atom. The Labute approximate surface area is 174 Å². The molecule has 30 heavy (non-hydrogen) atoms. The second-order valence-electron chi connectivity index (χ2n) is 7.18. The topological polar surface area (TPSA) is 128 Å². The minimum atomic E-state index is -1.41. The third-order valence-corrected chi connectivity index (χ3v) is 4.42. The van der Waals surface area contributed by atoms with Gasteiger partial charge in [0.2, 0.25) is 5.91 Å². The number of rotatable bonds is 9. The van der Waals surface area contributed by atoms with E-state index in [4.69, 9.17) is 4.74 Å². The summed E-state index contributed by atoms with van der Waals surface area (Å²) < 4.78 is 5.17. The summed E-state index contributed by atoms with van der Waals surface area (Å²) in [5.41, 5.74) is 1.44. The highest BCUT2D eigenvalue weighted by Gasteiger charge is 2.26. The van der Waals surface area contributed by atoms with Gasteiger partial charge in [0.1, 0.15) is 18.4 Å². The van der Waals surface area contributed by atoms with Crippen molar-refractivity contribution in [1.82, 2.24) is 10.6 Å². The van der Waals surface area contributed by atoms with Crippen molar-refractivity contribution in [3.8, 4) is 5.75 Å². The number of amides is 2. The Morgan fingerprint density at radius 1 is 0.967 bits per heavy atom. The molecule has 0 radical (unpaired) electrons. The fourth-order valence-corrected chi connectivity index (χ4v) is 2.74. The molecule has 0 saturated heterocycles. The van der Waals surface area contributed by atoms with Gasteiger partial charge in [-0.15, -0.1) is 0 Å². The van der Waals surface area contributed by atoms with Crippen LogP contribution >= 0.6 is 0 Å². The first kappa shape index (κ1) is 22.7. The van der Waals surface area contributed by atoms with Crippen LogP contribution in [0.4, 0.5) is 4.79 Å². The Kier molecular flexibility index (Phi) is 8.22. The molecule has 2 rings (SSSR count). The number of carboxylic acids is 1. The molecule has 160 valence electrons. The molecule has 0 bridgehead atoms. The van der Waals surface area contributed by atoms with Crippen molar-refractivity contribution in [1.29, 1.82) is 0 Å². The normalized spacial score (nSPS) is 12.6. The fraction of sp³-hybridized carbons (Fsp3) is 0.318. The Balaban J connectivity index is 2.09. The summed E-state index contributed by atoms with van der Waals surface area (Å²) >= 11 is 0. The number of nitrogens with one attached hydrogen (secondary N) is 2. The summed E-state index contributed by atoms with van der Waals surface area (Å²) in [4.78, 5) is 36.3. The van der Waals surface area contributed by atoms with Crippen LogP contribution in [0.25, 0.3) is 0 Å². The summed E-state index contributed by atoms with van der Waals surface area (Å²) in [6.45, 7) is 3.29. The molecule has 2 aromatic rings. The maximum Gasteiger partial charge on any atom is 0.408 e. The van der Waals surface area contributed by atoms with Crippen LogP contribution in [0.1, 0.15) is 25.0 Å². The number of phenolic OH excluding ortho intramolecular Hbond substituents is 1. The number of carbonyl (C=O) groups is 3. The van der Waals surface area contributed by atoms with Gasteiger partial charge in [0.05, 0.1) is 12.0 Å². The molecule has 8 heteroatoms. The zero-order valence-corrected chi connectivity index (χ0v) is 16.8. The van der Waals surface area contributed by atoms with E-state index in [2.05, 4.69) is 10.6 Å². The van der Waals surface area contributed by atoms with Crippen molar-refractivity contribution in [3.05, 3.63) is 65.7 Å². The monoisotopic (exact) mass is 413 g/mol. The van der Waals surface area contributed by atoms with E-state index in [-0.39, 0.29) is 18.8 Å². The van der Waals surface area contributed by atoms with E-state index in [1.54, 1.807) is 38.1 Å². The van der Waals surface area contributed by atoms with Crippen molar-refractivity contribution in [2.75, 3.05) is 0 Å². The molecular weight excluding hydrogens is 388 g/mol.